The van der Waals surface area contributed by atoms with E-state index in [0.717, 1.165) is 15.8 Å². The van der Waals surface area contributed by atoms with Crippen molar-refractivity contribution >= 4 is 21.7 Å². The Hall–Kier alpha value is -1.61. The summed E-state index contributed by atoms with van der Waals surface area (Å²) in [5.74, 6) is 0.710. The molecule has 2 rings (SSSR count). The molecule has 0 aromatic heterocycles. The molecule has 104 valence electrons. The molecule has 2 aromatic carbocycles. The summed E-state index contributed by atoms with van der Waals surface area (Å²) in [5.41, 5.74) is 3.03. The van der Waals surface area contributed by atoms with Crippen LogP contribution in [-0.2, 0) is 0 Å². The molecule has 1 atom stereocenters. The number of ether oxygens (including phenoxy) is 1. The largest absolute Gasteiger partial charge is 0.483 e. The second-order valence-corrected chi connectivity index (χ2v) is 5.79. The number of aryl methyl sites for hydroxylation is 2. The van der Waals surface area contributed by atoms with Gasteiger partial charge in [-0.2, -0.15) is 0 Å². The van der Waals surface area contributed by atoms with E-state index in [4.69, 9.17) is 4.74 Å². The van der Waals surface area contributed by atoms with Crippen molar-refractivity contribution in [2.45, 2.75) is 26.9 Å². The van der Waals surface area contributed by atoms with E-state index >= 15 is 0 Å². The third kappa shape index (κ3) is 3.48. The predicted molar refractivity (Wildman–Crippen MR) is 84.5 cm³/mol. The van der Waals surface area contributed by atoms with Crippen LogP contribution in [0.25, 0.3) is 0 Å². The quantitative estimate of drug-likeness (QED) is 0.757. The molecule has 0 fully saturated rings. The van der Waals surface area contributed by atoms with Gasteiger partial charge in [-0.3, -0.25) is 4.79 Å². The van der Waals surface area contributed by atoms with E-state index in [9.17, 15) is 4.79 Å². The average Bonchev–Trinajstić information content (AvgIpc) is 2.43. The number of hydrogen-bond acceptors (Lipinski definition) is 2. The Morgan fingerprint density at radius 3 is 2.30 bits per heavy atom. The zero-order valence-electron chi connectivity index (χ0n) is 11.8. The van der Waals surface area contributed by atoms with Crippen molar-refractivity contribution in [1.82, 2.24) is 0 Å². The number of halogens is 1. The number of carbonyl (C=O) groups is 1. The summed E-state index contributed by atoms with van der Waals surface area (Å²) < 4.78 is 6.69. The lowest BCUT2D eigenvalue weighted by molar-refractivity contribution is 0.0818. The highest BCUT2D eigenvalue weighted by Crippen LogP contribution is 2.19. The molecule has 20 heavy (non-hydrogen) atoms. The highest BCUT2D eigenvalue weighted by atomic mass is 79.9. The Balaban J connectivity index is 2.11. The van der Waals surface area contributed by atoms with Crippen LogP contribution in [0.3, 0.4) is 0 Å². The minimum absolute atomic E-state index is 0.0178. The maximum atomic E-state index is 12.3. The van der Waals surface area contributed by atoms with E-state index < -0.39 is 6.10 Å². The molecule has 0 aliphatic carbocycles. The molecule has 0 saturated heterocycles. The van der Waals surface area contributed by atoms with Gasteiger partial charge >= 0.3 is 0 Å². The van der Waals surface area contributed by atoms with Crippen molar-refractivity contribution in [3.63, 3.8) is 0 Å². The van der Waals surface area contributed by atoms with Crippen molar-refractivity contribution in [2.24, 2.45) is 0 Å². The van der Waals surface area contributed by atoms with Gasteiger partial charge in [0.05, 0.1) is 0 Å². The first-order chi connectivity index (χ1) is 9.47. The number of rotatable bonds is 4. The molecule has 1 unspecified atom stereocenters. The molecule has 0 spiro atoms. The first-order valence-electron chi connectivity index (χ1n) is 6.51. The van der Waals surface area contributed by atoms with Crippen LogP contribution in [-0.4, -0.2) is 11.9 Å². The standard InChI is InChI=1S/C17H17BrO2/c1-11-4-9-16(10-12(11)2)20-13(3)17(19)14-5-7-15(18)8-6-14/h4-10,13H,1-3H3. The van der Waals surface area contributed by atoms with E-state index in [1.807, 2.05) is 37.3 Å². The Labute approximate surface area is 127 Å². The summed E-state index contributed by atoms with van der Waals surface area (Å²) in [6.45, 7) is 5.86. The zero-order chi connectivity index (χ0) is 14.7. The summed E-state index contributed by atoms with van der Waals surface area (Å²) in [5, 5.41) is 0. The lowest BCUT2D eigenvalue weighted by Crippen LogP contribution is -2.23. The summed E-state index contributed by atoms with van der Waals surface area (Å²) in [6.07, 6.45) is -0.502. The number of carbonyl (C=O) groups excluding carboxylic acids is 1. The van der Waals surface area contributed by atoms with Crippen LogP contribution >= 0.6 is 15.9 Å². The van der Waals surface area contributed by atoms with Gasteiger partial charge < -0.3 is 4.74 Å². The third-order valence-corrected chi connectivity index (χ3v) is 3.82. The maximum absolute atomic E-state index is 12.3. The molecule has 2 aromatic rings. The van der Waals surface area contributed by atoms with Crippen LogP contribution in [0.1, 0.15) is 28.4 Å². The van der Waals surface area contributed by atoms with E-state index in [0.29, 0.717) is 5.56 Å². The first-order valence-corrected chi connectivity index (χ1v) is 7.30. The van der Waals surface area contributed by atoms with Crippen LogP contribution < -0.4 is 4.74 Å². The van der Waals surface area contributed by atoms with Gasteiger partial charge in [-0.25, -0.2) is 0 Å². The Morgan fingerprint density at radius 1 is 1.05 bits per heavy atom. The average molecular weight is 333 g/mol. The summed E-state index contributed by atoms with van der Waals surface area (Å²) >= 11 is 3.36. The molecule has 0 radical (unpaired) electrons. The van der Waals surface area contributed by atoms with Crippen LogP contribution in [0.4, 0.5) is 0 Å². The smallest absolute Gasteiger partial charge is 0.202 e. The topological polar surface area (TPSA) is 26.3 Å². The fourth-order valence-electron chi connectivity index (χ4n) is 1.89. The SMILES string of the molecule is Cc1ccc(OC(C)C(=O)c2ccc(Br)cc2)cc1C. The lowest BCUT2D eigenvalue weighted by atomic mass is 10.1. The highest BCUT2D eigenvalue weighted by molar-refractivity contribution is 9.10. The molecular formula is C17H17BrO2. The zero-order valence-corrected chi connectivity index (χ0v) is 13.4. The second-order valence-electron chi connectivity index (χ2n) is 4.88. The molecule has 0 N–H and O–H groups in total. The minimum atomic E-state index is -0.502. The van der Waals surface area contributed by atoms with Gasteiger partial charge in [-0.05, 0) is 56.2 Å². The molecular weight excluding hydrogens is 316 g/mol. The van der Waals surface area contributed by atoms with Gasteiger partial charge in [0, 0.05) is 10.0 Å². The second kappa shape index (κ2) is 6.23. The lowest BCUT2D eigenvalue weighted by Gasteiger charge is -2.14. The Kier molecular flexibility index (Phi) is 4.61. The number of ketones is 1. The minimum Gasteiger partial charge on any atom is -0.483 e. The fraction of sp³-hybridized carbons (Fsp3) is 0.235. The van der Waals surface area contributed by atoms with E-state index in [2.05, 4.69) is 22.9 Å². The molecule has 0 aliphatic rings. The van der Waals surface area contributed by atoms with Crippen molar-refractivity contribution in [3.05, 3.63) is 63.6 Å². The highest BCUT2D eigenvalue weighted by Gasteiger charge is 2.16. The van der Waals surface area contributed by atoms with E-state index in [-0.39, 0.29) is 5.78 Å². The summed E-state index contributed by atoms with van der Waals surface area (Å²) in [6, 6.07) is 13.2. The van der Waals surface area contributed by atoms with Crippen LogP contribution in [0.5, 0.6) is 5.75 Å². The summed E-state index contributed by atoms with van der Waals surface area (Å²) in [7, 11) is 0. The molecule has 2 nitrogen and oxygen atoms in total. The van der Waals surface area contributed by atoms with Crippen molar-refractivity contribution < 1.29 is 9.53 Å². The van der Waals surface area contributed by atoms with Gasteiger partial charge in [-0.1, -0.05) is 34.1 Å². The number of benzene rings is 2. The number of Topliss-reactive ketones (excluding diaryl/α,β-unsaturated/α-hetero) is 1. The van der Waals surface area contributed by atoms with E-state index in [1.54, 1.807) is 19.1 Å². The van der Waals surface area contributed by atoms with Crippen molar-refractivity contribution in [1.29, 1.82) is 0 Å². The first kappa shape index (κ1) is 14.8. The molecule has 3 heteroatoms. The number of hydrogen-bond donors (Lipinski definition) is 0. The van der Waals surface area contributed by atoms with E-state index in [1.165, 1.54) is 5.56 Å². The van der Waals surface area contributed by atoms with Gasteiger partial charge in [-0.15, -0.1) is 0 Å². The van der Waals surface area contributed by atoms with Crippen LogP contribution in [0, 0.1) is 13.8 Å². The summed E-state index contributed by atoms with van der Waals surface area (Å²) in [4.78, 5) is 12.3. The molecule has 0 heterocycles. The molecule has 0 saturated carbocycles. The maximum Gasteiger partial charge on any atom is 0.202 e. The molecule has 0 amide bonds. The van der Waals surface area contributed by atoms with Gasteiger partial charge in [0.1, 0.15) is 5.75 Å². The molecule has 0 bridgehead atoms. The predicted octanol–water partition coefficient (Wildman–Crippen LogP) is 4.72. The molecule has 0 aliphatic heterocycles. The van der Waals surface area contributed by atoms with Gasteiger partial charge in [0.15, 0.2) is 6.10 Å². The Bertz CT molecular complexity index is 617. The monoisotopic (exact) mass is 332 g/mol. The normalized spacial score (nSPS) is 12.0. The van der Waals surface area contributed by atoms with Crippen LogP contribution in [0.15, 0.2) is 46.9 Å². The van der Waals surface area contributed by atoms with Crippen molar-refractivity contribution in [3.8, 4) is 5.75 Å². The fourth-order valence-corrected chi connectivity index (χ4v) is 2.16. The van der Waals surface area contributed by atoms with Crippen molar-refractivity contribution in [2.75, 3.05) is 0 Å². The third-order valence-electron chi connectivity index (χ3n) is 3.29. The van der Waals surface area contributed by atoms with Crippen LogP contribution in [0.2, 0.25) is 0 Å². The van der Waals surface area contributed by atoms with Gasteiger partial charge in [0.2, 0.25) is 5.78 Å². The Morgan fingerprint density at radius 2 is 1.70 bits per heavy atom. The van der Waals surface area contributed by atoms with Gasteiger partial charge in [0.25, 0.3) is 0 Å².